The number of nitrogens with zero attached hydrogens (tertiary/aromatic N) is 2. The summed E-state index contributed by atoms with van der Waals surface area (Å²) in [6.45, 7) is 3.36. The normalized spacial score (nSPS) is 17.8. The molecule has 0 spiro atoms. The molecule has 0 saturated heterocycles. The Balaban J connectivity index is 2.76. The first-order chi connectivity index (χ1) is 13.8. The minimum absolute atomic E-state index is 0.0538. The number of carbonyl (C=O) groups excluding carboxylic acids is 1. The van der Waals surface area contributed by atoms with E-state index in [-0.39, 0.29) is 30.7 Å². The van der Waals surface area contributed by atoms with Crippen molar-refractivity contribution in [1.82, 2.24) is 4.90 Å². The highest BCUT2D eigenvalue weighted by Crippen LogP contribution is 2.55. The SMILES string of the molecule is C#Cc1ccc([C@H](N([C@@H](CC(C)C)C(N)=O)C2(C#N)CC2)C(F)(F)C(F)(F)F)cc1. The van der Waals surface area contributed by atoms with E-state index < -0.39 is 41.2 Å². The summed E-state index contributed by atoms with van der Waals surface area (Å²) in [6, 6.07) is 2.33. The maximum atomic E-state index is 14.9. The molecule has 1 aromatic rings. The maximum Gasteiger partial charge on any atom is 0.455 e. The molecule has 9 heteroatoms. The van der Waals surface area contributed by atoms with Crippen molar-refractivity contribution in [3.63, 3.8) is 0 Å². The van der Waals surface area contributed by atoms with Crippen molar-refractivity contribution < 1.29 is 26.7 Å². The Morgan fingerprint density at radius 2 is 1.77 bits per heavy atom. The molecule has 1 amide bonds. The molecule has 0 aliphatic heterocycles. The van der Waals surface area contributed by atoms with E-state index in [4.69, 9.17) is 12.2 Å². The summed E-state index contributed by atoms with van der Waals surface area (Å²) in [5.41, 5.74) is 3.67. The number of benzene rings is 1. The molecule has 30 heavy (non-hydrogen) atoms. The molecule has 0 bridgehead atoms. The number of carbonyl (C=O) groups is 1. The Bertz CT molecular complexity index is 861. The van der Waals surface area contributed by atoms with Crippen molar-refractivity contribution in [2.75, 3.05) is 0 Å². The van der Waals surface area contributed by atoms with Gasteiger partial charge in [0, 0.05) is 5.56 Å². The predicted octanol–water partition coefficient (Wildman–Crippen LogP) is 4.16. The molecule has 4 nitrogen and oxygen atoms in total. The van der Waals surface area contributed by atoms with Crippen LogP contribution >= 0.6 is 0 Å². The third kappa shape index (κ3) is 4.41. The molecular weight excluding hydrogens is 405 g/mol. The molecular formula is C21H22F5N3O. The van der Waals surface area contributed by atoms with E-state index in [1.807, 2.05) is 6.07 Å². The Hall–Kier alpha value is -2.65. The fourth-order valence-electron chi connectivity index (χ4n) is 3.55. The van der Waals surface area contributed by atoms with Crippen molar-refractivity contribution in [2.45, 2.75) is 62.8 Å². The highest BCUT2D eigenvalue weighted by molar-refractivity contribution is 5.80. The Labute approximate surface area is 171 Å². The van der Waals surface area contributed by atoms with Crippen LogP contribution in [0.5, 0.6) is 0 Å². The van der Waals surface area contributed by atoms with Crippen LogP contribution in [-0.2, 0) is 4.79 Å². The summed E-state index contributed by atoms with van der Waals surface area (Å²) in [4.78, 5) is 12.9. The Kier molecular flexibility index (Phi) is 6.48. The van der Waals surface area contributed by atoms with Gasteiger partial charge in [0.1, 0.15) is 11.6 Å². The molecule has 1 aliphatic carbocycles. The monoisotopic (exact) mass is 427 g/mol. The molecule has 0 radical (unpaired) electrons. The summed E-state index contributed by atoms with van der Waals surface area (Å²) in [5, 5.41) is 9.64. The van der Waals surface area contributed by atoms with Crippen molar-refractivity contribution in [1.29, 1.82) is 5.26 Å². The summed E-state index contributed by atoms with van der Waals surface area (Å²) in [6.07, 6.45) is -0.653. The molecule has 2 N–H and O–H groups in total. The number of nitriles is 1. The van der Waals surface area contributed by atoms with E-state index in [0.717, 1.165) is 12.1 Å². The summed E-state index contributed by atoms with van der Waals surface area (Å²) < 4.78 is 70.3. The lowest BCUT2D eigenvalue weighted by molar-refractivity contribution is -0.309. The van der Waals surface area contributed by atoms with Crippen molar-refractivity contribution in [2.24, 2.45) is 11.7 Å². The van der Waals surface area contributed by atoms with Gasteiger partial charge in [-0.05, 0) is 42.9 Å². The number of halogens is 5. The van der Waals surface area contributed by atoms with Crippen LogP contribution in [0.2, 0.25) is 0 Å². The first-order valence-corrected chi connectivity index (χ1v) is 9.31. The van der Waals surface area contributed by atoms with Gasteiger partial charge in [-0.15, -0.1) is 6.42 Å². The second kappa shape index (κ2) is 8.23. The van der Waals surface area contributed by atoms with Crippen LogP contribution in [0.4, 0.5) is 22.0 Å². The quantitative estimate of drug-likeness (QED) is 0.500. The number of rotatable bonds is 8. The van der Waals surface area contributed by atoms with Gasteiger partial charge in [-0.25, -0.2) is 0 Å². The lowest BCUT2D eigenvalue weighted by atomic mass is 9.90. The third-order valence-electron chi connectivity index (χ3n) is 5.18. The number of hydrogen-bond donors (Lipinski definition) is 1. The number of primary amides is 1. The topological polar surface area (TPSA) is 70.1 Å². The average Bonchev–Trinajstić information content (AvgIpc) is 3.44. The van der Waals surface area contributed by atoms with Gasteiger partial charge in [-0.3, -0.25) is 9.69 Å². The van der Waals surface area contributed by atoms with Gasteiger partial charge in [0.05, 0.1) is 12.1 Å². The van der Waals surface area contributed by atoms with Crippen molar-refractivity contribution >= 4 is 5.91 Å². The molecule has 1 saturated carbocycles. The molecule has 2 rings (SSSR count). The Morgan fingerprint density at radius 1 is 1.23 bits per heavy atom. The van der Waals surface area contributed by atoms with Gasteiger partial charge >= 0.3 is 12.1 Å². The van der Waals surface area contributed by atoms with Gasteiger partial charge < -0.3 is 5.73 Å². The van der Waals surface area contributed by atoms with Crippen LogP contribution in [0, 0.1) is 29.6 Å². The third-order valence-corrected chi connectivity index (χ3v) is 5.18. The minimum atomic E-state index is -5.92. The van der Waals surface area contributed by atoms with Gasteiger partial charge in [0.25, 0.3) is 0 Å². The minimum Gasteiger partial charge on any atom is -0.368 e. The number of alkyl halides is 5. The van der Waals surface area contributed by atoms with Crippen LogP contribution in [0.25, 0.3) is 0 Å². The largest absolute Gasteiger partial charge is 0.455 e. The van der Waals surface area contributed by atoms with E-state index >= 15 is 0 Å². The highest BCUT2D eigenvalue weighted by atomic mass is 19.4. The van der Waals surface area contributed by atoms with Gasteiger partial charge in [-0.2, -0.15) is 27.2 Å². The summed E-state index contributed by atoms with van der Waals surface area (Å²) >= 11 is 0. The number of amides is 1. The van der Waals surface area contributed by atoms with Crippen LogP contribution in [0.1, 0.15) is 50.3 Å². The molecule has 1 aromatic carbocycles. The van der Waals surface area contributed by atoms with E-state index in [0.29, 0.717) is 4.90 Å². The summed E-state index contributed by atoms with van der Waals surface area (Å²) in [7, 11) is 0. The fourth-order valence-corrected chi connectivity index (χ4v) is 3.55. The highest BCUT2D eigenvalue weighted by Gasteiger charge is 2.69. The first kappa shape index (κ1) is 23.6. The zero-order chi connectivity index (χ0) is 22.9. The van der Waals surface area contributed by atoms with E-state index in [1.165, 1.54) is 12.1 Å². The molecule has 1 aliphatic rings. The van der Waals surface area contributed by atoms with Crippen LogP contribution in [0.15, 0.2) is 24.3 Å². The zero-order valence-corrected chi connectivity index (χ0v) is 16.5. The second-order valence-corrected chi connectivity index (χ2v) is 7.89. The lowest BCUT2D eigenvalue weighted by Crippen LogP contribution is -2.59. The average molecular weight is 427 g/mol. The molecule has 1 fully saturated rings. The van der Waals surface area contributed by atoms with Crippen LogP contribution in [-0.4, -0.2) is 34.5 Å². The molecule has 0 unspecified atom stereocenters. The van der Waals surface area contributed by atoms with E-state index in [9.17, 15) is 32.0 Å². The maximum absolute atomic E-state index is 14.9. The molecule has 0 aromatic heterocycles. The standard InChI is InChI=1S/C21H22F5N3O/c1-4-14-5-7-15(8-6-14)17(20(22,23)21(24,25)26)29(19(12-27)9-10-19)16(18(28)30)11-13(2)3/h1,5-8,13,16-17H,9-11H2,2-3H3,(H2,28,30)/t16-,17-/m0/s1. The lowest BCUT2D eigenvalue weighted by Gasteiger charge is -2.44. The summed E-state index contributed by atoms with van der Waals surface area (Å²) in [5.74, 6) is -4.31. The van der Waals surface area contributed by atoms with Crippen molar-refractivity contribution in [3.8, 4) is 18.4 Å². The fraction of sp³-hybridized carbons (Fsp3) is 0.524. The second-order valence-electron chi connectivity index (χ2n) is 7.89. The molecule has 2 atom stereocenters. The molecule has 162 valence electrons. The van der Waals surface area contributed by atoms with Crippen molar-refractivity contribution in [3.05, 3.63) is 35.4 Å². The van der Waals surface area contributed by atoms with Crippen LogP contribution in [0.3, 0.4) is 0 Å². The number of nitrogens with two attached hydrogens (primary N) is 1. The smallest absolute Gasteiger partial charge is 0.368 e. The van der Waals surface area contributed by atoms with Gasteiger partial charge in [0.2, 0.25) is 5.91 Å². The predicted molar refractivity (Wildman–Crippen MR) is 100.0 cm³/mol. The number of terminal acetylenes is 1. The zero-order valence-electron chi connectivity index (χ0n) is 16.5. The first-order valence-electron chi connectivity index (χ1n) is 9.31. The Morgan fingerprint density at radius 3 is 2.10 bits per heavy atom. The number of hydrogen-bond acceptors (Lipinski definition) is 3. The van der Waals surface area contributed by atoms with Gasteiger partial charge in [-0.1, -0.05) is 31.9 Å². The van der Waals surface area contributed by atoms with E-state index in [1.54, 1.807) is 13.8 Å². The van der Waals surface area contributed by atoms with Crippen LogP contribution < -0.4 is 5.73 Å². The molecule has 0 heterocycles. The van der Waals surface area contributed by atoms with Gasteiger partial charge in [0.15, 0.2) is 0 Å². The van der Waals surface area contributed by atoms with E-state index in [2.05, 4.69) is 5.92 Å².